The fourth-order valence-electron chi connectivity index (χ4n) is 2.17. The Morgan fingerprint density at radius 3 is 2.43 bits per heavy atom. The molecule has 0 spiro atoms. The summed E-state index contributed by atoms with van der Waals surface area (Å²) in [6.45, 7) is -0.250. The lowest BCUT2D eigenvalue weighted by molar-refractivity contribution is -0.140. The lowest BCUT2D eigenvalue weighted by Crippen LogP contribution is -2.39. The van der Waals surface area contributed by atoms with E-state index in [1.54, 1.807) is 0 Å². The Hall–Kier alpha value is -2.61. The molecule has 0 fully saturated rings. The van der Waals surface area contributed by atoms with Crippen LogP contribution < -0.4 is 9.64 Å². The first-order valence-electron chi connectivity index (χ1n) is 6.62. The van der Waals surface area contributed by atoms with Crippen LogP contribution in [0.4, 0.5) is 10.1 Å². The van der Waals surface area contributed by atoms with Crippen LogP contribution in [-0.2, 0) is 23.8 Å². The molecule has 0 saturated heterocycles. The lowest BCUT2D eigenvalue weighted by Gasteiger charge is -2.31. The predicted octanol–water partition coefficient (Wildman–Crippen LogP) is 1.23. The summed E-state index contributed by atoms with van der Waals surface area (Å²) in [5.41, 5.74) is -0.109. The van der Waals surface area contributed by atoms with Crippen molar-refractivity contribution in [3.8, 4) is 5.75 Å². The number of carbonyl (C=O) groups excluding carboxylic acids is 2. The van der Waals surface area contributed by atoms with Gasteiger partial charge in [-0.25, -0.2) is 14.0 Å². The average molecular weight is 325 g/mol. The van der Waals surface area contributed by atoms with Crippen molar-refractivity contribution < 1.29 is 32.9 Å². The molecular weight excluding hydrogens is 309 g/mol. The largest absolute Gasteiger partial charge is 0.497 e. The number of esters is 2. The summed E-state index contributed by atoms with van der Waals surface area (Å²) in [4.78, 5) is 25.2. The SMILES string of the molecule is COC(=O)C1=C(C(=O)OC)N(c2ccc(OC)cc2F)COC1. The molecule has 1 aromatic carbocycles. The van der Waals surface area contributed by atoms with Gasteiger partial charge in [0.2, 0.25) is 0 Å². The summed E-state index contributed by atoms with van der Waals surface area (Å²) in [5.74, 6) is -1.85. The molecule has 0 atom stereocenters. The molecule has 124 valence electrons. The number of hydrogen-bond acceptors (Lipinski definition) is 7. The summed E-state index contributed by atoms with van der Waals surface area (Å²) in [6, 6.07) is 4.11. The van der Waals surface area contributed by atoms with Crippen molar-refractivity contribution in [2.45, 2.75) is 0 Å². The second-order valence-corrected chi connectivity index (χ2v) is 4.53. The van der Waals surface area contributed by atoms with Gasteiger partial charge in [-0.3, -0.25) is 0 Å². The minimum absolute atomic E-state index is 0.0409. The number of halogens is 1. The van der Waals surface area contributed by atoms with E-state index in [1.165, 1.54) is 38.4 Å². The molecule has 7 nitrogen and oxygen atoms in total. The van der Waals surface area contributed by atoms with Gasteiger partial charge in [0.15, 0.2) is 5.82 Å². The number of carbonyl (C=O) groups is 2. The van der Waals surface area contributed by atoms with Crippen molar-refractivity contribution in [2.75, 3.05) is 39.6 Å². The van der Waals surface area contributed by atoms with Crippen LogP contribution in [0.5, 0.6) is 5.75 Å². The standard InChI is InChI=1S/C15H16FNO6/c1-20-9-4-5-12(11(16)6-9)17-8-23-7-10(14(18)21-2)13(17)15(19)22-3/h4-6H,7-8H2,1-3H3. The molecule has 1 aromatic rings. The van der Waals surface area contributed by atoms with E-state index in [0.29, 0.717) is 5.75 Å². The fourth-order valence-corrected chi connectivity index (χ4v) is 2.17. The molecule has 1 aliphatic rings. The Morgan fingerprint density at radius 2 is 1.87 bits per heavy atom. The molecule has 0 amide bonds. The van der Waals surface area contributed by atoms with Gasteiger partial charge in [0, 0.05) is 6.07 Å². The zero-order chi connectivity index (χ0) is 17.0. The highest BCUT2D eigenvalue weighted by molar-refractivity contribution is 6.03. The quantitative estimate of drug-likeness (QED) is 0.771. The smallest absolute Gasteiger partial charge is 0.355 e. The number of benzene rings is 1. The van der Waals surface area contributed by atoms with Crippen LogP contribution in [0.1, 0.15) is 0 Å². The average Bonchev–Trinajstić information content (AvgIpc) is 2.59. The summed E-state index contributed by atoms with van der Waals surface area (Å²) in [5, 5.41) is 0. The molecule has 8 heteroatoms. The highest BCUT2D eigenvalue weighted by atomic mass is 19.1. The van der Waals surface area contributed by atoms with E-state index in [2.05, 4.69) is 4.74 Å². The topological polar surface area (TPSA) is 74.3 Å². The summed E-state index contributed by atoms with van der Waals surface area (Å²) < 4.78 is 33.9. The van der Waals surface area contributed by atoms with Gasteiger partial charge >= 0.3 is 11.9 Å². The second-order valence-electron chi connectivity index (χ2n) is 4.53. The van der Waals surface area contributed by atoms with Gasteiger partial charge in [-0.2, -0.15) is 0 Å². The maximum atomic E-state index is 14.3. The van der Waals surface area contributed by atoms with Crippen LogP contribution in [0.15, 0.2) is 29.5 Å². The van der Waals surface area contributed by atoms with Crippen LogP contribution in [0.2, 0.25) is 0 Å². The van der Waals surface area contributed by atoms with E-state index in [1.807, 2.05) is 0 Å². The molecule has 0 aromatic heterocycles. The summed E-state index contributed by atoms with van der Waals surface area (Å²) >= 11 is 0. The van der Waals surface area contributed by atoms with Crippen LogP contribution in [-0.4, -0.2) is 46.6 Å². The van der Waals surface area contributed by atoms with Crippen LogP contribution >= 0.6 is 0 Å². The zero-order valence-electron chi connectivity index (χ0n) is 12.9. The number of anilines is 1. The first-order chi connectivity index (χ1) is 11.0. The lowest BCUT2D eigenvalue weighted by atomic mass is 10.1. The molecule has 0 bridgehead atoms. The van der Waals surface area contributed by atoms with Crippen molar-refractivity contribution in [1.82, 2.24) is 0 Å². The Labute approximate surface area is 132 Å². The van der Waals surface area contributed by atoms with E-state index in [-0.39, 0.29) is 30.3 Å². The number of hydrogen-bond donors (Lipinski definition) is 0. The molecule has 23 heavy (non-hydrogen) atoms. The van der Waals surface area contributed by atoms with Gasteiger partial charge in [0.05, 0.1) is 39.2 Å². The Balaban J connectivity index is 2.55. The number of rotatable bonds is 4. The Bertz CT molecular complexity index is 657. The van der Waals surface area contributed by atoms with Gasteiger partial charge in [-0.05, 0) is 12.1 Å². The highest BCUT2D eigenvalue weighted by Crippen LogP contribution is 2.30. The van der Waals surface area contributed by atoms with Gasteiger partial charge in [-0.1, -0.05) is 0 Å². The normalized spacial score (nSPS) is 14.5. The van der Waals surface area contributed by atoms with Crippen LogP contribution in [0.25, 0.3) is 0 Å². The van der Waals surface area contributed by atoms with Crippen molar-refractivity contribution in [3.05, 3.63) is 35.3 Å². The third kappa shape index (κ3) is 3.26. The van der Waals surface area contributed by atoms with E-state index in [4.69, 9.17) is 14.2 Å². The van der Waals surface area contributed by atoms with Crippen molar-refractivity contribution in [1.29, 1.82) is 0 Å². The second kappa shape index (κ2) is 7.10. The highest BCUT2D eigenvalue weighted by Gasteiger charge is 2.33. The number of methoxy groups -OCH3 is 3. The molecule has 1 aliphatic heterocycles. The fraction of sp³-hybridized carbons (Fsp3) is 0.333. The van der Waals surface area contributed by atoms with Gasteiger partial charge in [0.25, 0.3) is 0 Å². The minimum Gasteiger partial charge on any atom is -0.497 e. The molecule has 0 N–H and O–H groups in total. The monoisotopic (exact) mass is 325 g/mol. The number of ether oxygens (including phenoxy) is 4. The minimum atomic E-state index is -0.788. The van der Waals surface area contributed by atoms with Gasteiger partial charge < -0.3 is 23.8 Å². The maximum absolute atomic E-state index is 14.3. The molecule has 1 heterocycles. The van der Waals surface area contributed by atoms with E-state index >= 15 is 0 Å². The molecule has 0 aliphatic carbocycles. The summed E-state index contributed by atoms with van der Waals surface area (Å²) in [6.07, 6.45) is 0. The third-order valence-electron chi connectivity index (χ3n) is 3.28. The first kappa shape index (κ1) is 16.8. The third-order valence-corrected chi connectivity index (χ3v) is 3.28. The molecule has 0 unspecified atom stereocenters. The molecule has 2 rings (SSSR count). The maximum Gasteiger partial charge on any atom is 0.355 e. The molecular formula is C15H16FNO6. The summed E-state index contributed by atoms with van der Waals surface area (Å²) in [7, 11) is 3.76. The van der Waals surface area contributed by atoms with Gasteiger partial charge in [0.1, 0.15) is 18.2 Å². The molecule has 0 radical (unpaired) electrons. The van der Waals surface area contributed by atoms with Crippen molar-refractivity contribution in [3.63, 3.8) is 0 Å². The Kier molecular flexibility index (Phi) is 5.17. The van der Waals surface area contributed by atoms with E-state index in [9.17, 15) is 14.0 Å². The van der Waals surface area contributed by atoms with E-state index in [0.717, 1.165) is 6.07 Å². The van der Waals surface area contributed by atoms with Crippen molar-refractivity contribution in [2.24, 2.45) is 0 Å². The van der Waals surface area contributed by atoms with E-state index < -0.39 is 17.8 Å². The van der Waals surface area contributed by atoms with Crippen molar-refractivity contribution >= 4 is 17.6 Å². The first-order valence-corrected chi connectivity index (χ1v) is 6.62. The molecule has 0 saturated carbocycles. The number of nitrogens with zero attached hydrogens (tertiary/aromatic N) is 1. The van der Waals surface area contributed by atoms with Crippen LogP contribution in [0, 0.1) is 5.82 Å². The zero-order valence-corrected chi connectivity index (χ0v) is 12.9. The van der Waals surface area contributed by atoms with Crippen LogP contribution in [0.3, 0.4) is 0 Å². The predicted molar refractivity (Wildman–Crippen MR) is 77.3 cm³/mol. The Morgan fingerprint density at radius 1 is 1.17 bits per heavy atom. The van der Waals surface area contributed by atoms with Gasteiger partial charge in [-0.15, -0.1) is 0 Å².